The van der Waals surface area contributed by atoms with Gasteiger partial charge in [0.2, 0.25) is 0 Å². The van der Waals surface area contributed by atoms with Crippen LogP contribution in [-0.2, 0) is 9.53 Å². The maximum Gasteiger partial charge on any atom is 0.349 e. The van der Waals surface area contributed by atoms with E-state index in [2.05, 4.69) is 5.32 Å². The van der Waals surface area contributed by atoms with E-state index in [0.717, 1.165) is 0 Å². The molecule has 0 saturated heterocycles. The van der Waals surface area contributed by atoms with Gasteiger partial charge in [0.1, 0.15) is 16.9 Å². The average molecular weight is 319 g/mol. The maximum atomic E-state index is 12.0. The van der Waals surface area contributed by atoms with E-state index in [0.29, 0.717) is 25.0 Å². The van der Waals surface area contributed by atoms with Crippen molar-refractivity contribution in [1.82, 2.24) is 5.32 Å². The van der Waals surface area contributed by atoms with Crippen LogP contribution in [0.2, 0.25) is 0 Å². The number of carbonyl (C=O) groups excluding carboxylic acids is 2. The molecule has 0 aliphatic heterocycles. The second kappa shape index (κ2) is 7.55. The Kier molecular flexibility index (Phi) is 5.48. The monoisotopic (exact) mass is 319 g/mol. The van der Waals surface area contributed by atoms with Crippen molar-refractivity contribution >= 4 is 22.8 Å². The molecule has 0 bridgehead atoms. The van der Waals surface area contributed by atoms with Crippen molar-refractivity contribution in [2.45, 2.75) is 13.3 Å². The number of methoxy groups -OCH3 is 1. The molecule has 2 aromatic rings. The first kappa shape index (κ1) is 16.7. The van der Waals surface area contributed by atoms with Crippen molar-refractivity contribution in [3.05, 3.63) is 40.2 Å². The summed E-state index contributed by atoms with van der Waals surface area (Å²) in [6, 6.07) is 6.05. The number of amides is 1. The third kappa shape index (κ3) is 4.40. The summed E-state index contributed by atoms with van der Waals surface area (Å²) in [5, 5.41) is 3.19. The minimum absolute atomic E-state index is 0.0739. The van der Waals surface area contributed by atoms with Gasteiger partial charge in [-0.1, -0.05) is 0 Å². The van der Waals surface area contributed by atoms with Gasteiger partial charge in [-0.05, 0) is 24.6 Å². The molecule has 0 unspecified atom stereocenters. The highest BCUT2D eigenvalue weighted by molar-refractivity contribution is 5.96. The largest absolute Gasteiger partial charge is 0.427 e. The van der Waals surface area contributed by atoms with Crippen molar-refractivity contribution in [1.29, 1.82) is 0 Å². The van der Waals surface area contributed by atoms with Gasteiger partial charge in [-0.2, -0.15) is 0 Å². The molecule has 0 atom stereocenters. The van der Waals surface area contributed by atoms with Crippen LogP contribution in [0.3, 0.4) is 0 Å². The summed E-state index contributed by atoms with van der Waals surface area (Å²) in [6.45, 7) is 2.19. The van der Waals surface area contributed by atoms with E-state index in [9.17, 15) is 14.4 Å². The van der Waals surface area contributed by atoms with E-state index in [1.807, 2.05) is 0 Å². The number of hydrogen-bond acceptors (Lipinski definition) is 6. The van der Waals surface area contributed by atoms with Gasteiger partial charge < -0.3 is 19.2 Å². The van der Waals surface area contributed by atoms with Crippen molar-refractivity contribution in [2.24, 2.45) is 0 Å². The Morgan fingerprint density at radius 3 is 2.74 bits per heavy atom. The Morgan fingerprint density at radius 1 is 1.26 bits per heavy atom. The predicted octanol–water partition coefficient (Wildman–Crippen LogP) is 1.48. The Bertz CT molecular complexity index is 780. The fourth-order valence-electron chi connectivity index (χ4n) is 1.99. The van der Waals surface area contributed by atoms with Crippen LogP contribution >= 0.6 is 0 Å². The lowest BCUT2D eigenvalue weighted by Crippen LogP contribution is -2.29. The first-order valence-electron chi connectivity index (χ1n) is 7.04. The fourth-order valence-corrected chi connectivity index (χ4v) is 1.99. The van der Waals surface area contributed by atoms with Crippen LogP contribution in [0.25, 0.3) is 11.0 Å². The molecule has 122 valence electrons. The SMILES string of the molecule is COCCCNC(=O)c1cc2ccc(OC(C)=O)cc2oc1=O. The molecule has 7 heteroatoms. The summed E-state index contributed by atoms with van der Waals surface area (Å²) in [4.78, 5) is 34.9. The van der Waals surface area contributed by atoms with Crippen LogP contribution in [-0.4, -0.2) is 32.1 Å². The number of rotatable bonds is 6. The zero-order valence-corrected chi connectivity index (χ0v) is 12.9. The average Bonchev–Trinajstić information content (AvgIpc) is 2.50. The van der Waals surface area contributed by atoms with E-state index in [1.165, 1.54) is 19.1 Å². The second-order valence-corrected chi connectivity index (χ2v) is 4.84. The highest BCUT2D eigenvalue weighted by Crippen LogP contribution is 2.20. The van der Waals surface area contributed by atoms with Crippen LogP contribution in [0.5, 0.6) is 5.75 Å². The number of carbonyl (C=O) groups is 2. The quantitative estimate of drug-likeness (QED) is 0.375. The van der Waals surface area contributed by atoms with E-state index < -0.39 is 17.5 Å². The minimum atomic E-state index is -0.748. The third-order valence-electron chi connectivity index (χ3n) is 3.02. The molecule has 0 aliphatic carbocycles. The Labute approximate surface area is 132 Å². The van der Waals surface area contributed by atoms with Gasteiger partial charge in [-0.25, -0.2) is 4.79 Å². The molecule has 1 N–H and O–H groups in total. The lowest BCUT2D eigenvalue weighted by Gasteiger charge is -2.06. The topological polar surface area (TPSA) is 94.8 Å². The minimum Gasteiger partial charge on any atom is -0.427 e. The van der Waals surface area contributed by atoms with Gasteiger partial charge in [0.25, 0.3) is 5.91 Å². The van der Waals surface area contributed by atoms with Crippen molar-refractivity contribution in [3.63, 3.8) is 0 Å². The van der Waals surface area contributed by atoms with Gasteiger partial charge in [-0.15, -0.1) is 0 Å². The molecule has 0 spiro atoms. The molecule has 0 radical (unpaired) electrons. The lowest BCUT2D eigenvalue weighted by molar-refractivity contribution is -0.131. The molecule has 2 rings (SSSR count). The van der Waals surface area contributed by atoms with Crippen molar-refractivity contribution < 1.29 is 23.5 Å². The van der Waals surface area contributed by atoms with E-state index in [1.54, 1.807) is 19.2 Å². The molecule has 1 amide bonds. The lowest BCUT2D eigenvalue weighted by atomic mass is 10.1. The molecule has 0 fully saturated rings. The molecule has 23 heavy (non-hydrogen) atoms. The number of esters is 1. The zero-order valence-electron chi connectivity index (χ0n) is 12.9. The van der Waals surface area contributed by atoms with Crippen molar-refractivity contribution in [3.8, 4) is 5.75 Å². The van der Waals surface area contributed by atoms with Gasteiger partial charge in [-0.3, -0.25) is 9.59 Å². The number of benzene rings is 1. The number of ether oxygens (including phenoxy) is 2. The normalized spacial score (nSPS) is 10.5. The molecule has 0 aliphatic rings. The predicted molar refractivity (Wildman–Crippen MR) is 82.6 cm³/mol. The Balaban J connectivity index is 2.22. The van der Waals surface area contributed by atoms with E-state index in [-0.39, 0.29) is 16.9 Å². The van der Waals surface area contributed by atoms with E-state index >= 15 is 0 Å². The highest BCUT2D eigenvalue weighted by atomic mass is 16.5. The van der Waals surface area contributed by atoms with Crippen molar-refractivity contribution in [2.75, 3.05) is 20.3 Å². The Hall–Kier alpha value is -2.67. The summed E-state index contributed by atoms with van der Waals surface area (Å²) in [7, 11) is 1.57. The molecule has 1 aromatic carbocycles. The van der Waals surface area contributed by atoms with Crippen LogP contribution in [0.4, 0.5) is 0 Å². The first-order valence-corrected chi connectivity index (χ1v) is 7.04. The van der Waals surface area contributed by atoms with Gasteiger partial charge in [0, 0.05) is 38.6 Å². The zero-order chi connectivity index (χ0) is 16.8. The van der Waals surface area contributed by atoms with Gasteiger partial charge in [0.05, 0.1) is 0 Å². The summed E-state index contributed by atoms with van der Waals surface area (Å²) >= 11 is 0. The van der Waals surface area contributed by atoms with Crippen LogP contribution in [0, 0.1) is 0 Å². The van der Waals surface area contributed by atoms with E-state index in [4.69, 9.17) is 13.9 Å². The molecule has 0 saturated carbocycles. The van der Waals surface area contributed by atoms with Crippen LogP contribution < -0.4 is 15.7 Å². The van der Waals surface area contributed by atoms with Gasteiger partial charge in [0.15, 0.2) is 0 Å². The molecule has 1 heterocycles. The smallest absolute Gasteiger partial charge is 0.349 e. The summed E-state index contributed by atoms with van der Waals surface area (Å²) in [6.07, 6.45) is 0.646. The molecule has 7 nitrogen and oxygen atoms in total. The number of nitrogens with one attached hydrogen (secondary N) is 1. The summed E-state index contributed by atoms with van der Waals surface area (Å²) in [5.74, 6) is -0.704. The molecular weight excluding hydrogens is 302 g/mol. The van der Waals surface area contributed by atoms with Crippen LogP contribution in [0.15, 0.2) is 33.5 Å². The Morgan fingerprint density at radius 2 is 2.04 bits per heavy atom. The molecule has 1 aromatic heterocycles. The second-order valence-electron chi connectivity index (χ2n) is 4.84. The standard InChI is InChI=1S/C16H17NO6/c1-10(18)22-12-5-4-11-8-13(16(20)23-14(11)9-12)15(19)17-6-3-7-21-2/h4-5,8-9H,3,6-7H2,1-2H3,(H,17,19). The highest BCUT2D eigenvalue weighted by Gasteiger charge is 2.14. The maximum absolute atomic E-state index is 12.0. The third-order valence-corrected chi connectivity index (χ3v) is 3.02. The summed E-state index contributed by atoms with van der Waals surface area (Å²) < 4.78 is 14.9. The van der Waals surface area contributed by atoms with Crippen LogP contribution in [0.1, 0.15) is 23.7 Å². The number of fused-ring (bicyclic) bond motifs is 1. The first-order chi connectivity index (χ1) is 11.0. The number of hydrogen-bond donors (Lipinski definition) is 1. The fraction of sp³-hybridized carbons (Fsp3) is 0.312. The summed E-state index contributed by atoms with van der Waals surface area (Å²) in [5.41, 5.74) is -0.582. The molecular formula is C16H17NO6. The van der Waals surface area contributed by atoms with Gasteiger partial charge >= 0.3 is 11.6 Å².